The Kier molecular flexibility index (Phi) is 5.67. The third-order valence-corrected chi connectivity index (χ3v) is 5.68. The van der Waals surface area contributed by atoms with E-state index < -0.39 is 11.7 Å². The van der Waals surface area contributed by atoms with Crippen molar-refractivity contribution in [3.63, 3.8) is 0 Å². The molecule has 32 heavy (non-hydrogen) atoms. The lowest BCUT2D eigenvalue weighted by atomic mass is 9.86. The van der Waals surface area contributed by atoms with Crippen molar-refractivity contribution < 1.29 is 13.2 Å². The van der Waals surface area contributed by atoms with Crippen LogP contribution in [0.2, 0.25) is 5.02 Å². The number of rotatable bonds is 4. The average Bonchev–Trinajstić information content (AvgIpc) is 3.16. The van der Waals surface area contributed by atoms with Crippen LogP contribution < -0.4 is 5.32 Å². The van der Waals surface area contributed by atoms with E-state index in [1.165, 1.54) is 12.1 Å². The first-order valence-electron chi connectivity index (χ1n) is 10.2. The number of aromatic amines is 1. The fraction of sp³-hybridized carbons (Fsp3) is 0.240. The van der Waals surface area contributed by atoms with Crippen molar-refractivity contribution in [2.24, 2.45) is 0 Å². The number of aromatic nitrogens is 2. The number of anilines is 1. The molecule has 0 saturated carbocycles. The number of imidazole rings is 1. The standard InChI is InChI=1S/C25H23ClF3N3/c1-24(2,3)18-9-6-10-20-22(18)32-23(31-20)15-11-12-19(26)21(13-15)30-14-16-7-4-5-8-17(16)25(27,28)29/h4-13,30H,14H2,1-3H3,(H,31,32). The third kappa shape index (κ3) is 4.46. The van der Waals surface area contributed by atoms with Crippen molar-refractivity contribution in [1.29, 1.82) is 0 Å². The molecule has 0 unspecified atom stereocenters. The van der Waals surface area contributed by atoms with Gasteiger partial charge in [-0.05, 0) is 46.9 Å². The summed E-state index contributed by atoms with van der Waals surface area (Å²) in [6.07, 6.45) is -4.41. The molecule has 0 aliphatic heterocycles. The summed E-state index contributed by atoms with van der Waals surface area (Å²) in [5.41, 5.74) is 3.72. The largest absolute Gasteiger partial charge is 0.416 e. The van der Waals surface area contributed by atoms with E-state index in [9.17, 15) is 13.2 Å². The Bertz CT molecular complexity index is 1270. The second-order valence-corrected chi connectivity index (χ2v) is 9.15. The Morgan fingerprint density at radius 1 is 0.938 bits per heavy atom. The highest BCUT2D eigenvalue weighted by Gasteiger charge is 2.32. The summed E-state index contributed by atoms with van der Waals surface area (Å²) >= 11 is 6.33. The fourth-order valence-corrected chi connectivity index (χ4v) is 3.91. The SMILES string of the molecule is CC(C)(C)c1cccc2[nH]c(-c3ccc(Cl)c(NCc4ccccc4C(F)(F)F)c3)nc12. The van der Waals surface area contributed by atoms with Crippen molar-refractivity contribution in [2.45, 2.75) is 38.9 Å². The van der Waals surface area contributed by atoms with Crippen LogP contribution in [0.15, 0.2) is 60.7 Å². The topological polar surface area (TPSA) is 40.7 Å². The number of nitrogens with zero attached hydrogens (tertiary/aromatic N) is 1. The van der Waals surface area contributed by atoms with Gasteiger partial charge in [0.1, 0.15) is 5.82 Å². The summed E-state index contributed by atoms with van der Waals surface area (Å²) in [5.74, 6) is 0.673. The van der Waals surface area contributed by atoms with Gasteiger partial charge in [-0.3, -0.25) is 0 Å². The number of alkyl halides is 3. The van der Waals surface area contributed by atoms with Gasteiger partial charge in [0.25, 0.3) is 0 Å². The van der Waals surface area contributed by atoms with Crippen LogP contribution >= 0.6 is 11.6 Å². The average molecular weight is 458 g/mol. The van der Waals surface area contributed by atoms with Crippen LogP contribution in [-0.4, -0.2) is 9.97 Å². The smallest absolute Gasteiger partial charge is 0.380 e. The molecule has 0 radical (unpaired) electrons. The summed E-state index contributed by atoms with van der Waals surface area (Å²) < 4.78 is 39.9. The molecule has 0 aliphatic rings. The molecule has 1 aromatic heterocycles. The van der Waals surface area contributed by atoms with Gasteiger partial charge in [0.05, 0.1) is 27.3 Å². The Labute approximate surface area is 189 Å². The van der Waals surface area contributed by atoms with Crippen molar-refractivity contribution in [2.75, 3.05) is 5.32 Å². The molecule has 0 amide bonds. The maximum Gasteiger partial charge on any atom is 0.416 e. The zero-order valence-electron chi connectivity index (χ0n) is 17.9. The Morgan fingerprint density at radius 3 is 2.38 bits per heavy atom. The lowest BCUT2D eigenvalue weighted by Crippen LogP contribution is -2.11. The highest BCUT2D eigenvalue weighted by Crippen LogP contribution is 2.34. The van der Waals surface area contributed by atoms with Crippen molar-refractivity contribution >= 4 is 28.3 Å². The number of fused-ring (bicyclic) bond motifs is 1. The normalized spacial score (nSPS) is 12.3. The molecule has 0 spiro atoms. The number of halogens is 4. The maximum atomic E-state index is 13.3. The molecule has 3 nitrogen and oxygen atoms in total. The minimum absolute atomic E-state index is 0.00679. The molecular formula is C25H23ClF3N3. The van der Waals surface area contributed by atoms with Gasteiger partial charge in [-0.2, -0.15) is 13.2 Å². The predicted molar refractivity (Wildman–Crippen MR) is 124 cm³/mol. The quantitative estimate of drug-likeness (QED) is 0.328. The van der Waals surface area contributed by atoms with Crippen LogP contribution in [0.25, 0.3) is 22.4 Å². The second-order valence-electron chi connectivity index (χ2n) is 8.74. The van der Waals surface area contributed by atoms with E-state index in [1.807, 2.05) is 18.2 Å². The van der Waals surface area contributed by atoms with Crippen molar-refractivity contribution in [1.82, 2.24) is 9.97 Å². The number of nitrogens with one attached hydrogen (secondary N) is 2. The molecule has 4 aromatic rings. The zero-order chi connectivity index (χ0) is 23.1. The summed E-state index contributed by atoms with van der Waals surface area (Å²) in [5, 5.41) is 3.47. The molecule has 7 heteroatoms. The predicted octanol–water partition coefficient (Wildman–Crippen LogP) is 7.81. The van der Waals surface area contributed by atoms with Gasteiger partial charge in [-0.25, -0.2) is 4.98 Å². The molecule has 1 heterocycles. The minimum Gasteiger partial charge on any atom is -0.380 e. The fourth-order valence-electron chi connectivity index (χ4n) is 3.72. The molecule has 0 aliphatic carbocycles. The number of hydrogen-bond donors (Lipinski definition) is 2. The molecule has 166 valence electrons. The van der Waals surface area contributed by atoms with E-state index in [2.05, 4.69) is 37.1 Å². The van der Waals surface area contributed by atoms with Gasteiger partial charge in [0.2, 0.25) is 0 Å². The third-order valence-electron chi connectivity index (χ3n) is 5.35. The molecule has 2 N–H and O–H groups in total. The van der Waals surface area contributed by atoms with Gasteiger partial charge < -0.3 is 10.3 Å². The monoisotopic (exact) mass is 457 g/mol. The van der Waals surface area contributed by atoms with Crippen LogP contribution in [0.4, 0.5) is 18.9 Å². The molecular weight excluding hydrogens is 435 g/mol. The van der Waals surface area contributed by atoms with Crippen LogP contribution in [-0.2, 0) is 18.1 Å². The van der Waals surface area contributed by atoms with Gasteiger partial charge in [-0.1, -0.05) is 62.7 Å². The molecule has 0 fully saturated rings. The van der Waals surface area contributed by atoms with Gasteiger partial charge >= 0.3 is 6.18 Å². The van der Waals surface area contributed by atoms with Crippen molar-refractivity contribution in [3.8, 4) is 11.4 Å². The molecule has 0 bridgehead atoms. The van der Waals surface area contributed by atoms with E-state index >= 15 is 0 Å². The van der Waals surface area contributed by atoms with Crippen LogP contribution in [0.5, 0.6) is 0 Å². The summed E-state index contributed by atoms with van der Waals surface area (Å²) in [4.78, 5) is 8.15. The number of para-hydroxylation sites is 1. The lowest BCUT2D eigenvalue weighted by Gasteiger charge is -2.19. The first-order chi connectivity index (χ1) is 15.0. The van der Waals surface area contributed by atoms with E-state index in [0.717, 1.165) is 28.2 Å². The highest BCUT2D eigenvalue weighted by atomic mass is 35.5. The number of hydrogen-bond acceptors (Lipinski definition) is 2. The summed E-state index contributed by atoms with van der Waals surface area (Å²) in [6.45, 7) is 6.41. The van der Waals surface area contributed by atoms with Gasteiger partial charge in [0.15, 0.2) is 0 Å². The van der Waals surface area contributed by atoms with Gasteiger partial charge in [0, 0.05) is 12.1 Å². The second kappa shape index (κ2) is 8.17. The lowest BCUT2D eigenvalue weighted by molar-refractivity contribution is -0.138. The van der Waals surface area contributed by atoms with Gasteiger partial charge in [-0.15, -0.1) is 0 Å². The van der Waals surface area contributed by atoms with E-state index in [-0.39, 0.29) is 17.5 Å². The summed E-state index contributed by atoms with van der Waals surface area (Å²) in [6, 6.07) is 16.9. The minimum atomic E-state index is -4.41. The molecule has 0 saturated heterocycles. The molecule has 3 aromatic carbocycles. The van der Waals surface area contributed by atoms with E-state index in [1.54, 1.807) is 18.2 Å². The Morgan fingerprint density at radius 2 is 1.66 bits per heavy atom. The molecule has 0 atom stereocenters. The van der Waals surface area contributed by atoms with Crippen LogP contribution in [0.1, 0.15) is 37.5 Å². The number of H-pyrrole nitrogens is 1. The number of benzene rings is 3. The maximum absolute atomic E-state index is 13.3. The van der Waals surface area contributed by atoms with E-state index in [4.69, 9.17) is 16.6 Å². The first kappa shape index (κ1) is 22.2. The highest BCUT2D eigenvalue weighted by molar-refractivity contribution is 6.33. The zero-order valence-corrected chi connectivity index (χ0v) is 18.7. The van der Waals surface area contributed by atoms with Crippen LogP contribution in [0.3, 0.4) is 0 Å². The summed E-state index contributed by atoms with van der Waals surface area (Å²) in [7, 11) is 0. The van der Waals surface area contributed by atoms with Crippen molar-refractivity contribution in [3.05, 3.63) is 82.4 Å². The first-order valence-corrected chi connectivity index (χ1v) is 10.6. The van der Waals surface area contributed by atoms with E-state index in [0.29, 0.717) is 16.5 Å². The Balaban J connectivity index is 1.66. The Hall–Kier alpha value is -2.99. The molecule has 4 rings (SSSR count). The van der Waals surface area contributed by atoms with Crippen LogP contribution in [0, 0.1) is 0 Å².